The van der Waals surface area contributed by atoms with E-state index in [-0.39, 0.29) is 17.7 Å². The van der Waals surface area contributed by atoms with Gasteiger partial charge in [0.15, 0.2) is 0 Å². The molecule has 1 heterocycles. The van der Waals surface area contributed by atoms with Crippen LogP contribution >= 0.6 is 0 Å². The van der Waals surface area contributed by atoms with E-state index >= 15 is 0 Å². The van der Waals surface area contributed by atoms with Crippen LogP contribution in [-0.4, -0.2) is 16.0 Å². The van der Waals surface area contributed by atoms with E-state index in [2.05, 4.69) is 27.6 Å². The molecule has 1 aliphatic carbocycles. The molecule has 0 amide bonds. The molecule has 20 heavy (non-hydrogen) atoms. The summed E-state index contributed by atoms with van der Waals surface area (Å²) in [5, 5.41) is 3.04. The Balaban J connectivity index is 2.14. The summed E-state index contributed by atoms with van der Waals surface area (Å²) in [5.41, 5.74) is 2.13. The Hall–Kier alpha value is -1.57. The molecule has 0 atom stereocenters. The molecule has 0 saturated heterocycles. The number of anilines is 2. The zero-order chi connectivity index (χ0) is 14.8. The Morgan fingerprint density at radius 1 is 1.15 bits per heavy atom. The average Bonchev–Trinajstić information content (AvgIpc) is 2.40. The van der Waals surface area contributed by atoms with Gasteiger partial charge in [-0.1, -0.05) is 6.92 Å². The Morgan fingerprint density at radius 3 is 2.30 bits per heavy atom. The van der Waals surface area contributed by atoms with Crippen molar-refractivity contribution in [1.29, 1.82) is 0 Å². The van der Waals surface area contributed by atoms with Crippen molar-refractivity contribution in [3.05, 3.63) is 11.9 Å². The molecule has 1 aliphatic rings. The van der Waals surface area contributed by atoms with Crippen LogP contribution in [0.3, 0.4) is 0 Å². The molecule has 0 aliphatic heterocycles. The molecule has 1 fully saturated rings. The van der Waals surface area contributed by atoms with Crippen LogP contribution in [0.1, 0.15) is 38.4 Å². The normalized spacial score (nSPS) is 23.4. The van der Waals surface area contributed by atoms with Crippen LogP contribution in [0.2, 0.25) is 0 Å². The molecular weight excluding hydrogens is 271 g/mol. The first kappa shape index (κ1) is 14.8. The van der Waals surface area contributed by atoms with Crippen molar-refractivity contribution in [2.75, 3.05) is 10.7 Å². The van der Waals surface area contributed by atoms with E-state index in [1.165, 1.54) is 6.07 Å². The zero-order valence-electron chi connectivity index (χ0n) is 11.2. The number of aromatic nitrogens is 2. The number of halogens is 3. The first-order chi connectivity index (χ1) is 9.38. The van der Waals surface area contributed by atoms with E-state index in [0.717, 1.165) is 25.7 Å². The minimum absolute atomic E-state index is 0.0565. The number of hydrogen-bond donors (Lipinski definition) is 3. The van der Waals surface area contributed by atoms with Gasteiger partial charge in [0, 0.05) is 12.1 Å². The number of nitrogens with zero attached hydrogens (tertiary/aromatic N) is 2. The van der Waals surface area contributed by atoms with Gasteiger partial charge in [-0.05, 0) is 31.6 Å². The van der Waals surface area contributed by atoms with Crippen LogP contribution in [0.5, 0.6) is 0 Å². The SMILES string of the molecule is CC1CCC(Nc2cc(NN)nc(C(F)(F)F)n2)CC1. The van der Waals surface area contributed by atoms with Crippen molar-refractivity contribution in [2.45, 2.75) is 44.8 Å². The number of hydrogen-bond acceptors (Lipinski definition) is 5. The third kappa shape index (κ3) is 3.72. The third-order valence-electron chi connectivity index (χ3n) is 3.50. The minimum Gasteiger partial charge on any atom is -0.367 e. The van der Waals surface area contributed by atoms with Gasteiger partial charge >= 0.3 is 6.18 Å². The molecular formula is C12H18F3N5. The summed E-state index contributed by atoms with van der Waals surface area (Å²) in [6, 6.07) is 1.53. The van der Waals surface area contributed by atoms with Gasteiger partial charge in [0.05, 0.1) is 0 Å². The van der Waals surface area contributed by atoms with E-state index in [1.807, 2.05) is 0 Å². The van der Waals surface area contributed by atoms with Crippen LogP contribution in [0.4, 0.5) is 24.8 Å². The van der Waals surface area contributed by atoms with E-state index in [9.17, 15) is 13.2 Å². The lowest BCUT2D eigenvalue weighted by Gasteiger charge is -2.27. The maximum Gasteiger partial charge on any atom is 0.451 e. The summed E-state index contributed by atoms with van der Waals surface area (Å²) >= 11 is 0. The van der Waals surface area contributed by atoms with Crippen molar-refractivity contribution in [3.63, 3.8) is 0 Å². The Labute approximate surface area is 115 Å². The summed E-state index contributed by atoms with van der Waals surface area (Å²) in [7, 11) is 0. The summed E-state index contributed by atoms with van der Waals surface area (Å²) < 4.78 is 38.1. The number of hydrazine groups is 1. The van der Waals surface area contributed by atoms with Crippen LogP contribution in [-0.2, 0) is 6.18 Å². The topological polar surface area (TPSA) is 75.9 Å². The highest BCUT2D eigenvalue weighted by molar-refractivity contribution is 5.47. The Kier molecular flexibility index (Phi) is 4.32. The number of alkyl halides is 3. The summed E-state index contributed by atoms with van der Waals surface area (Å²) in [5.74, 6) is 4.72. The van der Waals surface area contributed by atoms with Gasteiger partial charge in [0.1, 0.15) is 11.6 Å². The minimum atomic E-state index is -4.59. The van der Waals surface area contributed by atoms with Crippen molar-refractivity contribution < 1.29 is 13.2 Å². The molecule has 112 valence electrons. The molecule has 0 aromatic carbocycles. The van der Waals surface area contributed by atoms with Gasteiger partial charge in [0.25, 0.3) is 0 Å². The molecule has 8 heteroatoms. The van der Waals surface area contributed by atoms with E-state index < -0.39 is 12.0 Å². The first-order valence-corrected chi connectivity index (χ1v) is 6.58. The highest BCUT2D eigenvalue weighted by atomic mass is 19.4. The lowest BCUT2D eigenvalue weighted by Crippen LogP contribution is -2.26. The smallest absolute Gasteiger partial charge is 0.367 e. The lowest BCUT2D eigenvalue weighted by atomic mass is 9.87. The molecule has 5 nitrogen and oxygen atoms in total. The lowest BCUT2D eigenvalue weighted by molar-refractivity contribution is -0.144. The van der Waals surface area contributed by atoms with E-state index in [1.54, 1.807) is 0 Å². The maximum atomic E-state index is 12.7. The predicted octanol–water partition coefficient (Wildman–Crippen LogP) is 2.77. The second-order valence-electron chi connectivity index (χ2n) is 5.21. The fraction of sp³-hybridized carbons (Fsp3) is 0.667. The Bertz CT molecular complexity index is 455. The fourth-order valence-electron chi connectivity index (χ4n) is 2.34. The monoisotopic (exact) mass is 289 g/mol. The first-order valence-electron chi connectivity index (χ1n) is 6.58. The Morgan fingerprint density at radius 2 is 1.75 bits per heavy atom. The molecule has 0 unspecified atom stereocenters. The van der Waals surface area contributed by atoms with Crippen molar-refractivity contribution >= 4 is 11.6 Å². The summed E-state index contributed by atoms with van der Waals surface area (Å²) in [6.45, 7) is 2.18. The number of nitrogen functional groups attached to an aromatic ring is 1. The third-order valence-corrected chi connectivity index (χ3v) is 3.50. The van der Waals surface area contributed by atoms with Crippen LogP contribution in [0.25, 0.3) is 0 Å². The molecule has 0 spiro atoms. The van der Waals surface area contributed by atoms with Gasteiger partial charge in [-0.25, -0.2) is 15.8 Å². The van der Waals surface area contributed by atoms with Crippen LogP contribution < -0.4 is 16.6 Å². The number of nitrogens with one attached hydrogen (secondary N) is 2. The fourth-order valence-corrected chi connectivity index (χ4v) is 2.34. The average molecular weight is 289 g/mol. The molecule has 0 bridgehead atoms. The van der Waals surface area contributed by atoms with Gasteiger partial charge in [-0.2, -0.15) is 13.2 Å². The van der Waals surface area contributed by atoms with E-state index in [4.69, 9.17) is 5.84 Å². The second kappa shape index (κ2) is 5.82. The van der Waals surface area contributed by atoms with Gasteiger partial charge < -0.3 is 10.7 Å². The second-order valence-corrected chi connectivity index (χ2v) is 5.21. The number of nitrogens with two attached hydrogens (primary N) is 1. The molecule has 0 radical (unpaired) electrons. The van der Waals surface area contributed by atoms with Crippen LogP contribution in [0.15, 0.2) is 6.07 Å². The molecule has 2 rings (SSSR count). The van der Waals surface area contributed by atoms with Gasteiger partial charge in [-0.15, -0.1) is 0 Å². The molecule has 1 saturated carbocycles. The molecule has 4 N–H and O–H groups in total. The quantitative estimate of drug-likeness (QED) is 0.589. The van der Waals surface area contributed by atoms with Gasteiger partial charge in [0.2, 0.25) is 5.82 Å². The summed E-state index contributed by atoms with van der Waals surface area (Å²) in [4.78, 5) is 6.84. The standard InChI is InChI=1S/C12H18F3N5/c1-7-2-4-8(5-3-7)17-9-6-10(20-16)19-11(18-9)12(13,14)15/h6-8H,2-5,16H2,1H3,(H2,17,18,19,20). The van der Waals surface area contributed by atoms with Gasteiger partial charge in [-0.3, -0.25) is 0 Å². The van der Waals surface area contributed by atoms with Crippen LogP contribution in [0, 0.1) is 5.92 Å². The van der Waals surface area contributed by atoms with Crippen molar-refractivity contribution in [2.24, 2.45) is 11.8 Å². The van der Waals surface area contributed by atoms with E-state index in [0.29, 0.717) is 5.92 Å². The largest absolute Gasteiger partial charge is 0.451 e. The van der Waals surface area contributed by atoms with Crippen molar-refractivity contribution in [3.8, 4) is 0 Å². The highest BCUT2D eigenvalue weighted by Crippen LogP contribution is 2.30. The maximum absolute atomic E-state index is 12.7. The number of rotatable bonds is 3. The highest BCUT2D eigenvalue weighted by Gasteiger charge is 2.35. The molecule has 1 aromatic heterocycles. The summed E-state index contributed by atoms with van der Waals surface area (Å²) in [6.07, 6.45) is -0.603. The van der Waals surface area contributed by atoms with Crippen molar-refractivity contribution in [1.82, 2.24) is 9.97 Å². The molecule has 1 aromatic rings. The zero-order valence-corrected chi connectivity index (χ0v) is 11.2. The predicted molar refractivity (Wildman–Crippen MR) is 69.9 cm³/mol.